The van der Waals surface area contributed by atoms with E-state index in [2.05, 4.69) is 11.4 Å². The Bertz CT molecular complexity index is 685. The Labute approximate surface area is 129 Å². The Morgan fingerprint density at radius 1 is 1.24 bits per heavy atom. The number of fused-ring (bicyclic) bond motifs is 1. The molecule has 2 aromatic rings. The van der Waals surface area contributed by atoms with E-state index >= 15 is 0 Å². The molecule has 1 aliphatic heterocycles. The Kier molecular flexibility index (Phi) is 3.79. The van der Waals surface area contributed by atoms with Gasteiger partial charge in [-0.25, -0.2) is 0 Å². The van der Waals surface area contributed by atoms with Crippen molar-refractivity contribution in [2.45, 2.75) is 19.4 Å². The minimum atomic E-state index is 0.0294. The molecule has 0 saturated carbocycles. The molecule has 2 N–H and O–H groups in total. The quantitative estimate of drug-likeness (QED) is 0.891. The zero-order chi connectivity index (χ0) is 15.0. The lowest BCUT2D eigenvalue weighted by Crippen LogP contribution is -2.30. The largest absolute Gasteiger partial charge is 0.508 e. The average molecular weight is 304 g/mol. The lowest BCUT2D eigenvalue weighted by Gasteiger charge is -2.29. The highest BCUT2D eigenvalue weighted by molar-refractivity contribution is 6.32. The van der Waals surface area contributed by atoms with Crippen LogP contribution in [0, 0.1) is 6.92 Å². The second-order valence-corrected chi connectivity index (χ2v) is 5.80. The van der Waals surface area contributed by atoms with E-state index in [-0.39, 0.29) is 6.04 Å². The summed E-state index contributed by atoms with van der Waals surface area (Å²) < 4.78 is 5.50. The first kappa shape index (κ1) is 14.2. The molecule has 0 amide bonds. The number of phenols is 1. The number of methoxy groups -OCH3 is 1. The number of nitrogens with one attached hydrogen (secondary N) is 1. The number of aryl methyl sites for hydroxylation is 1. The molecule has 0 saturated heterocycles. The molecule has 1 unspecified atom stereocenters. The third kappa shape index (κ3) is 2.59. The van der Waals surface area contributed by atoms with E-state index in [1.54, 1.807) is 13.2 Å². The van der Waals surface area contributed by atoms with Crippen LogP contribution in [0.3, 0.4) is 0 Å². The van der Waals surface area contributed by atoms with E-state index in [9.17, 15) is 5.11 Å². The highest BCUT2D eigenvalue weighted by Crippen LogP contribution is 2.39. The second-order valence-electron chi connectivity index (χ2n) is 5.39. The topological polar surface area (TPSA) is 41.5 Å². The number of ether oxygens (including phenoxy) is 1. The van der Waals surface area contributed by atoms with Crippen LogP contribution in [0.5, 0.6) is 11.5 Å². The third-order valence-corrected chi connectivity index (χ3v) is 4.19. The van der Waals surface area contributed by atoms with Crippen molar-refractivity contribution in [3.05, 3.63) is 57.6 Å². The first-order valence-electron chi connectivity index (χ1n) is 6.99. The molecule has 0 fully saturated rings. The van der Waals surface area contributed by atoms with Gasteiger partial charge in [0.25, 0.3) is 0 Å². The van der Waals surface area contributed by atoms with E-state index in [4.69, 9.17) is 16.3 Å². The van der Waals surface area contributed by atoms with Crippen LogP contribution in [-0.4, -0.2) is 18.8 Å². The molecular formula is C17H18ClNO2. The number of aromatic hydroxyl groups is 1. The van der Waals surface area contributed by atoms with E-state index in [1.807, 2.05) is 25.1 Å². The number of benzene rings is 2. The summed E-state index contributed by atoms with van der Waals surface area (Å²) in [6, 6.07) is 9.57. The number of hydrogen-bond donors (Lipinski definition) is 2. The molecule has 1 heterocycles. The Morgan fingerprint density at radius 2 is 2.05 bits per heavy atom. The summed E-state index contributed by atoms with van der Waals surface area (Å²) in [6.45, 7) is 2.88. The molecule has 2 aromatic carbocycles. The molecule has 1 atom stereocenters. The standard InChI is InChI=1S/C17H18ClNO2/c1-10-7-14(17(21-2)15(18)8-10)16-13-4-3-12(20)9-11(13)5-6-19-16/h3-4,7-9,16,19-20H,5-6H2,1-2H3. The molecule has 0 aromatic heterocycles. The van der Waals surface area contributed by atoms with Gasteiger partial charge in [-0.1, -0.05) is 23.7 Å². The van der Waals surface area contributed by atoms with Crippen molar-refractivity contribution in [1.29, 1.82) is 0 Å². The maximum atomic E-state index is 9.67. The molecule has 4 heteroatoms. The monoisotopic (exact) mass is 303 g/mol. The lowest BCUT2D eigenvalue weighted by molar-refractivity contribution is 0.402. The fraction of sp³-hybridized carbons (Fsp3) is 0.294. The molecule has 21 heavy (non-hydrogen) atoms. The Balaban J connectivity index is 2.15. The minimum Gasteiger partial charge on any atom is -0.508 e. The van der Waals surface area contributed by atoms with Crippen LogP contribution >= 0.6 is 11.6 Å². The summed E-state index contributed by atoms with van der Waals surface area (Å²) in [7, 11) is 1.64. The summed E-state index contributed by atoms with van der Waals surface area (Å²) in [5, 5.41) is 13.8. The molecule has 3 nitrogen and oxygen atoms in total. The lowest BCUT2D eigenvalue weighted by atomic mass is 9.88. The van der Waals surface area contributed by atoms with Gasteiger partial charge in [-0.2, -0.15) is 0 Å². The van der Waals surface area contributed by atoms with Crippen molar-refractivity contribution < 1.29 is 9.84 Å². The second kappa shape index (κ2) is 5.58. The third-order valence-electron chi connectivity index (χ3n) is 3.91. The summed E-state index contributed by atoms with van der Waals surface area (Å²) in [5.74, 6) is 1.02. The summed E-state index contributed by atoms with van der Waals surface area (Å²) in [6.07, 6.45) is 0.905. The van der Waals surface area contributed by atoms with Gasteiger partial charge in [0.1, 0.15) is 11.5 Å². The molecule has 0 aliphatic carbocycles. The highest BCUT2D eigenvalue weighted by atomic mass is 35.5. The van der Waals surface area contributed by atoms with Gasteiger partial charge >= 0.3 is 0 Å². The molecule has 0 radical (unpaired) electrons. The van der Waals surface area contributed by atoms with Gasteiger partial charge in [0, 0.05) is 12.1 Å². The van der Waals surface area contributed by atoms with Gasteiger partial charge in [-0.15, -0.1) is 0 Å². The summed E-state index contributed by atoms with van der Waals surface area (Å²) in [4.78, 5) is 0. The smallest absolute Gasteiger partial charge is 0.142 e. The zero-order valence-corrected chi connectivity index (χ0v) is 12.9. The first-order valence-corrected chi connectivity index (χ1v) is 7.37. The van der Waals surface area contributed by atoms with Gasteiger partial charge in [0.2, 0.25) is 0 Å². The summed E-state index contributed by atoms with van der Waals surface area (Å²) >= 11 is 6.31. The Hall–Kier alpha value is -1.71. The van der Waals surface area contributed by atoms with Gasteiger partial charge in [0.15, 0.2) is 0 Å². The van der Waals surface area contributed by atoms with Crippen molar-refractivity contribution in [3.8, 4) is 11.5 Å². The van der Waals surface area contributed by atoms with E-state index in [1.165, 1.54) is 11.1 Å². The van der Waals surface area contributed by atoms with Crippen molar-refractivity contribution in [3.63, 3.8) is 0 Å². The van der Waals surface area contributed by atoms with Crippen LogP contribution in [0.2, 0.25) is 5.02 Å². The van der Waals surface area contributed by atoms with Crippen LogP contribution in [0.1, 0.15) is 28.3 Å². The average Bonchev–Trinajstić information content (AvgIpc) is 2.45. The van der Waals surface area contributed by atoms with Crippen molar-refractivity contribution in [2.75, 3.05) is 13.7 Å². The number of halogens is 1. The van der Waals surface area contributed by atoms with Crippen molar-refractivity contribution >= 4 is 11.6 Å². The maximum Gasteiger partial charge on any atom is 0.142 e. The van der Waals surface area contributed by atoms with Crippen LogP contribution in [0.15, 0.2) is 30.3 Å². The minimum absolute atomic E-state index is 0.0294. The van der Waals surface area contributed by atoms with Crippen LogP contribution in [0.25, 0.3) is 0 Å². The van der Waals surface area contributed by atoms with Gasteiger partial charge in [-0.3, -0.25) is 0 Å². The van der Waals surface area contributed by atoms with Gasteiger partial charge in [0.05, 0.1) is 18.2 Å². The van der Waals surface area contributed by atoms with Crippen LogP contribution in [-0.2, 0) is 6.42 Å². The molecule has 0 spiro atoms. The van der Waals surface area contributed by atoms with E-state index in [0.717, 1.165) is 24.1 Å². The molecule has 0 bridgehead atoms. The Morgan fingerprint density at radius 3 is 2.81 bits per heavy atom. The summed E-state index contributed by atoms with van der Waals surface area (Å²) in [5.41, 5.74) is 4.47. The van der Waals surface area contributed by atoms with Crippen LogP contribution < -0.4 is 10.1 Å². The van der Waals surface area contributed by atoms with E-state index < -0.39 is 0 Å². The number of hydrogen-bond acceptors (Lipinski definition) is 3. The maximum absolute atomic E-state index is 9.67. The fourth-order valence-electron chi connectivity index (χ4n) is 3.01. The zero-order valence-electron chi connectivity index (χ0n) is 12.1. The molecule has 3 rings (SSSR count). The normalized spacial score (nSPS) is 17.4. The number of rotatable bonds is 2. The van der Waals surface area contributed by atoms with Crippen LogP contribution in [0.4, 0.5) is 0 Å². The van der Waals surface area contributed by atoms with Gasteiger partial charge < -0.3 is 15.2 Å². The number of phenolic OH excluding ortho intramolecular Hbond substituents is 1. The molecule has 1 aliphatic rings. The molecular weight excluding hydrogens is 286 g/mol. The fourth-order valence-corrected chi connectivity index (χ4v) is 3.37. The molecule has 110 valence electrons. The van der Waals surface area contributed by atoms with Crippen molar-refractivity contribution in [1.82, 2.24) is 5.32 Å². The predicted octanol–water partition coefficient (Wildman–Crippen LogP) is 3.60. The van der Waals surface area contributed by atoms with E-state index in [0.29, 0.717) is 16.5 Å². The SMILES string of the molecule is COc1c(Cl)cc(C)cc1C1NCCc2cc(O)ccc21. The highest BCUT2D eigenvalue weighted by Gasteiger charge is 2.25. The van der Waals surface area contributed by atoms with Crippen molar-refractivity contribution in [2.24, 2.45) is 0 Å². The first-order chi connectivity index (χ1) is 10.1. The predicted molar refractivity (Wildman–Crippen MR) is 84.4 cm³/mol. The van der Waals surface area contributed by atoms with Gasteiger partial charge in [-0.05, 0) is 48.2 Å².